The molecule has 0 heterocycles. The molecule has 0 saturated heterocycles. The van der Waals surface area contributed by atoms with Gasteiger partial charge in [0.25, 0.3) is 0 Å². The number of hydrogen-bond acceptors (Lipinski definition) is 5. The first-order valence-electron chi connectivity index (χ1n) is 7.97. The highest BCUT2D eigenvalue weighted by molar-refractivity contribution is 5.83. The summed E-state index contributed by atoms with van der Waals surface area (Å²) in [6, 6.07) is 11.0. The molecule has 0 spiro atoms. The maximum atomic E-state index is 10.3. The molecule has 0 saturated carbocycles. The Hall–Kier alpha value is -2.53. The van der Waals surface area contributed by atoms with Crippen molar-refractivity contribution >= 4 is 6.21 Å². The van der Waals surface area contributed by atoms with E-state index in [1.165, 1.54) is 18.3 Å². The number of aliphatic hydroxyl groups is 1. The normalized spacial score (nSPS) is 13.8. The van der Waals surface area contributed by atoms with E-state index in [4.69, 9.17) is 4.74 Å². The second-order valence-corrected chi connectivity index (χ2v) is 5.62. The molecule has 0 aliphatic rings. The zero-order valence-corrected chi connectivity index (χ0v) is 13.9. The van der Waals surface area contributed by atoms with E-state index in [0.717, 1.165) is 6.42 Å². The summed E-state index contributed by atoms with van der Waals surface area (Å²) in [6.07, 6.45) is 1.64. The van der Waals surface area contributed by atoms with Gasteiger partial charge in [-0.3, -0.25) is 4.99 Å². The lowest BCUT2D eigenvalue weighted by Crippen LogP contribution is -2.12. The molecule has 0 aliphatic heterocycles. The van der Waals surface area contributed by atoms with Gasteiger partial charge in [0, 0.05) is 17.8 Å². The van der Waals surface area contributed by atoms with Crippen molar-refractivity contribution < 1.29 is 20.1 Å². The van der Waals surface area contributed by atoms with E-state index in [0.29, 0.717) is 23.5 Å². The average Bonchev–Trinajstić information content (AvgIpc) is 2.59. The number of hydrogen-bond donors (Lipinski definition) is 3. The Balaban J connectivity index is 2.05. The molecule has 128 valence electrons. The Morgan fingerprint density at radius 1 is 1.12 bits per heavy atom. The number of rotatable bonds is 7. The smallest absolute Gasteiger partial charge is 0.128 e. The minimum Gasteiger partial charge on any atom is -0.508 e. The zero-order valence-electron chi connectivity index (χ0n) is 13.9. The average molecular weight is 329 g/mol. The Morgan fingerprint density at radius 3 is 2.46 bits per heavy atom. The van der Waals surface area contributed by atoms with Crippen LogP contribution in [-0.4, -0.2) is 34.2 Å². The van der Waals surface area contributed by atoms with Crippen molar-refractivity contribution in [3.8, 4) is 17.2 Å². The van der Waals surface area contributed by atoms with Gasteiger partial charge in [-0.25, -0.2) is 0 Å². The maximum Gasteiger partial charge on any atom is 0.128 e. The predicted octanol–water partition coefficient (Wildman–Crippen LogP) is 3.43. The lowest BCUT2D eigenvalue weighted by atomic mass is 10.0. The lowest BCUT2D eigenvalue weighted by Gasteiger charge is -2.15. The summed E-state index contributed by atoms with van der Waals surface area (Å²) in [5.41, 5.74) is 1.23. The monoisotopic (exact) mass is 329 g/mol. The van der Waals surface area contributed by atoms with Crippen LogP contribution in [0.5, 0.6) is 17.2 Å². The van der Waals surface area contributed by atoms with Crippen molar-refractivity contribution in [3.63, 3.8) is 0 Å². The molecule has 0 unspecified atom stereocenters. The number of aliphatic imine (C=N–C) groups is 1. The molecule has 0 aliphatic carbocycles. The highest BCUT2D eigenvalue weighted by Gasteiger charge is 2.15. The highest BCUT2D eigenvalue weighted by atomic mass is 16.5. The van der Waals surface area contributed by atoms with Crippen molar-refractivity contribution in [1.82, 2.24) is 0 Å². The van der Waals surface area contributed by atoms with Crippen molar-refractivity contribution in [3.05, 3.63) is 53.6 Å². The third kappa shape index (κ3) is 4.73. The van der Waals surface area contributed by atoms with Gasteiger partial charge in [0.15, 0.2) is 0 Å². The lowest BCUT2D eigenvalue weighted by molar-refractivity contribution is 0.154. The molecule has 3 N–H and O–H groups in total. The first kappa shape index (κ1) is 17.8. The van der Waals surface area contributed by atoms with Crippen molar-refractivity contribution in [2.75, 3.05) is 6.61 Å². The highest BCUT2D eigenvalue weighted by Crippen LogP contribution is 2.24. The number of ether oxygens (including phenoxy) is 1. The third-order valence-electron chi connectivity index (χ3n) is 3.62. The van der Waals surface area contributed by atoms with Gasteiger partial charge in [0.05, 0.1) is 12.6 Å². The van der Waals surface area contributed by atoms with Gasteiger partial charge in [-0.05, 0) is 43.2 Å². The van der Waals surface area contributed by atoms with E-state index in [9.17, 15) is 15.3 Å². The summed E-state index contributed by atoms with van der Waals surface area (Å²) in [7, 11) is 0. The van der Waals surface area contributed by atoms with Gasteiger partial charge in [0.2, 0.25) is 0 Å². The van der Waals surface area contributed by atoms with E-state index in [1.807, 2.05) is 6.92 Å². The Bertz CT molecular complexity index is 682. The topological polar surface area (TPSA) is 82.3 Å². The van der Waals surface area contributed by atoms with Crippen LogP contribution in [0, 0.1) is 0 Å². The van der Waals surface area contributed by atoms with Crippen molar-refractivity contribution in [2.45, 2.75) is 32.4 Å². The van der Waals surface area contributed by atoms with Gasteiger partial charge in [0.1, 0.15) is 23.4 Å². The molecule has 0 fully saturated rings. The SMILES string of the molecule is CCCOc1ccc(C=N[C@@H](C)[C@H](O)c2ccc(O)cc2)c(O)c1. The number of phenols is 2. The molecule has 0 radical (unpaired) electrons. The minimum absolute atomic E-state index is 0.0821. The third-order valence-corrected chi connectivity index (χ3v) is 3.62. The van der Waals surface area contributed by atoms with E-state index in [2.05, 4.69) is 4.99 Å². The fraction of sp³-hybridized carbons (Fsp3) is 0.316. The summed E-state index contributed by atoms with van der Waals surface area (Å²) < 4.78 is 5.46. The molecule has 0 amide bonds. The standard InChI is InChI=1S/C19H23NO4/c1-3-10-24-17-9-6-15(18(22)11-17)12-20-13(2)19(23)14-4-7-16(21)8-5-14/h4-9,11-13,19,21-23H,3,10H2,1-2H3/t13-,19-/m0/s1. The van der Waals surface area contributed by atoms with Crippen LogP contribution in [-0.2, 0) is 0 Å². The van der Waals surface area contributed by atoms with E-state index >= 15 is 0 Å². The Labute approximate surface area is 141 Å². The van der Waals surface area contributed by atoms with Gasteiger partial charge in [-0.15, -0.1) is 0 Å². The van der Waals surface area contributed by atoms with Gasteiger partial charge in [-0.1, -0.05) is 19.1 Å². The van der Waals surface area contributed by atoms with Gasteiger partial charge < -0.3 is 20.1 Å². The second-order valence-electron chi connectivity index (χ2n) is 5.62. The number of aliphatic hydroxyl groups excluding tert-OH is 1. The van der Waals surface area contributed by atoms with Crippen LogP contribution in [0.2, 0.25) is 0 Å². The van der Waals surface area contributed by atoms with Crippen LogP contribution in [0.15, 0.2) is 47.5 Å². The van der Waals surface area contributed by atoms with Crippen LogP contribution < -0.4 is 4.74 Å². The molecule has 5 nitrogen and oxygen atoms in total. The molecule has 0 aromatic heterocycles. The summed E-state index contributed by atoms with van der Waals surface area (Å²) in [6.45, 7) is 4.40. The molecule has 0 bridgehead atoms. The largest absolute Gasteiger partial charge is 0.508 e. The van der Waals surface area contributed by atoms with Crippen LogP contribution in [0.1, 0.15) is 37.5 Å². The van der Waals surface area contributed by atoms with Crippen LogP contribution in [0.3, 0.4) is 0 Å². The fourth-order valence-corrected chi connectivity index (χ4v) is 2.17. The number of benzene rings is 2. The minimum atomic E-state index is -0.795. The molecule has 2 rings (SSSR count). The maximum absolute atomic E-state index is 10.3. The Kier molecular flexibility index (Phi) is 6.21. The summed E-state index contributed by atoms with van der Waals surface area (Å²) >= 11 is 0. The van der Waals surface area contributed by atoms with Crippen LogP contribution >= 0.6 is 0 Å². The number of phenolic OH excluding ortho intramolecular Hbond substituents is 2. The second kappa shape index (κ2) is 8.36. The molecular formula is C19H23NO4. The summed E-state index contributed by atoms with van der Waals surface area (Å²) in [4.78, 5) is 4.31. The molecule has 2 aromatic rings. The quantitative estimate of drug-likeness (QED) is 0.680. The summed E-state index contributed by atoms with van der Waals surface area (Å²) in [5, 5.41) is 29.6. The van der Waals surface area contributed by atoms with Crippen LogP contribution in [0.4, 0.5) is 0 Å². The number of nitrogens with zero attached hydrogens (tertiary/aromatic N) is 1. The zero-order chi connectivity index (χ0) is 17.5. The molecule has 5 heteroatoms. The molecule has 2 atom stereocenters. The predicted molar refractivity (Wildman–Crippen MR) is 94.0 cm³/mol. The van der Waals surface area contributed by atoms with E-state index in [-0.39, 0.29) is 11.5 Å². The molecular weight excluding hydrogens is 306 g/mol. The van der Waals surface area contributed by atoms with Crippen LogP contribution in [0.25, 0.3) is 0 Å². The summed E-state index contributed by atoms with van der Waals surface area (Å²) in [5.74, 6) is 0.847. The fourth-order valence-electron chi connectivity index (χ4n) is 2.17. The van der Waals surface area contributed by atoms with Gasteiger partial charge in [-0.2, -0.15) is 0 Å². The Morgan fingerprint density at radius 2 is 1.83 bits per heavy atom. The van der Waals surface area contributed by atoms with Crippen molar-refractivity contribution in [2.24, 2.45) is 4.99 Å². The molecule has 24 heavy (non-hydrogen) atoms. The van der Waals surface area contributed by atoms with E-state index in [1.54, 1.807) is 37.3 Å². The first-order chi connectivity index (χ1) is 11.5. The van der Waals surface area contributed by atoms with Gasteiger partial charge >= 0.3 is 0 Å². The first-order valence-corrected chi connectivity index (χ1v) is 7.97. The number of aromatic hydroxyl groups is 2. The van der Waals surface area contributed by atoms with Crippen molar-refractivity contribution in [1.29, 1.82) is 0 Å². The molecule has 2 aromatic carbocycles. The van der Waals surface area contributed by atoms with E-state index < -0.39 is 12.1 Å².